The number of pyridine rings is 1. The highest BCUT2D eigenvalue weighted by molar-refractivity contribution is 7.17. The average molecular weight is 428 g/mol. The van der Waals surface area contributed by atoms with E-state index in [0.29, 0.717) is 28.3 Å². The lowest BCUT2D eigenvalue weighted by molar-refractivity contribution is 0.0942. The Labute approximate surface area is 176 Å². The molecule has 1 atom stereocenters. The minimum Gasteiger partial charge on any atom is -0.384 e. The van der Waals surface area contributed by atoms with Gasteiger partial charge in [0, 0.05) is 40.3 Å². The van der Waals surface area contributed by atoms with E-state index >= 15 is 0 Å². The van der Waals surface area contributed by atoms with E-state index in [2.05, 4.69) is 15.6 Å². The molecular weight excluding hydrogens is 405 g/mol. The van der Waals surface area contributed by atoms with Gasteiger partial charge in [-0.05, 0) is 61.9 Å². The van der Waals surface area contributed by atoms with Gasteiger partial charge < -0.3 is 16.4 Å². The molecule has 156 valence electrons. The number of anilines is 3. The number of hydrogen-bond acceptors (Lipinski definition) is 4. The molecule has 2 aromatic carbocycles. The summed E-state index contributed by atoms with van der Waals surface area (Å²) in [6.07, 6.45) is 1.57. The SMILES string of the molecule is CC(C)NC(=O)c1ccc(Nc2cccc(C(F)(F)P)c2)c(-c2ccnc(N)c2)c1. The smallest absolute Gasteiger partial charge is 0.283 e. The third kappa shape index (κ3) is 5.30. The maximum absolute atomic E-state index is 13.7. The Hall–Kier alpha value is -3.05. The molecule has 0 bridgehead atoms. The Balaban J connectivity index is 2.04. The van der Waals surface area contributed by atoms with Gasteiger partial charge in [-0.3, -0.25) is 4.79 Å². The third-order valence-electron chi connectivity index (χ3n) is 4.32. The van der Waals surface area contributed by atoms with Crippen molar-refractivity contribution in [3.63, 3.8) is 0 Å². The van der Waals surface area contributed by atoms with Crippen LogP contribution < -0.4 is 16.4 Å². The predicted molar refractivity (Wildman–Crippen MR) is 120 cm³/mol. The minimum atomic E-state index is -3.03. The van der Waals surface area contributed by atoms with Crippen molar-refractivity contribution in [1.82, 2.24) is 10.3 Å². The number of carbonyl (C=O) groups excluding carboxylic acids is 1. The first-order valence-electron chi connectivity index (χ1n) is 9.34. The van der Waals surface area contributed by atoms with E-state index in [1.807, 2.05) is 13.8 Å². The number of benzene rings is 2. The second-order valence-corrected chi connectivity index (χ2v) is 7.91. The molecule has 1 aromatic heterocycles. The molecule has 0 fully saturated rings. The van der Waals surface area contributed by atoms with Crippen LogP contribution in [0.15, 0.2) is 60.8 Å². The summed E-state index contributed by atoms with van der Waals surface area (Å²) in [4.78, 5) is 16.5. The number of rotatable bonds is 6. The zero-order chi connectivity index (χ0) is 21.9. The first kappa shape index (κ1) is 21.7. The lowest BCUT2D eigenvalue weighted by Crippen LogP contribution is -2.30. The molecule has 1 heterocycles. The first-order chi connectivity index (χ1) is 14.1. The third-order valence-corrected chi connectivity index (χ3v) is 4.65. The van der Waals surface area contributed by atoms with Gasteiger partial charge in [0.15, 0.2) is 0 Å². The second-order valence-electron chi connectivity index (χ2n) is 7.19. The van der Waals surface area contributed by atoms with Crippen LogP contribution >= 0.6 is 9.24 Å². The van der Waals surface area contributed by atoms with E-state index in [9.17, 15) is 13.6 Å². The fourth-order valence-corrected chi connectivity index (χ4v) is 3.13. The van der Waals surface area contributed by atoms with Crippen molar-refractivity contribution >= 4 is 32.3 Å². The molecule has 1 amide bonds. The van der Waals surface area contributed by atoms with Gasteiger partial charge >= 0.3 is 0 Å². The molecule has 3 rings (SSSR count). The fraction of sp³-hybridized carbons (Fsp3) is 0.182. The molecule has 0 aliphatic carbocycles. The second kappa shape index (κ2) is 8.76. The zero-order valence-corrected chi connectivity index (χ0v) is 17.8. The van der Waals surface area contributed by atoms with E-state index in [1.54, 1.807) is 48.7 Å². The molecule has 4 N–H and O–H groups in total. The molecule has 0 saturated carbocycles. The molecule has 0 aliphatic rings. The Morgan fingerprint density at radius 3 is 2.57 bits per heavy atom. The quantitative estimate of drug-likeness (QED) is 0.475. The molecular formula is C22H23F2N4OP. The highest BCUT2D eigenvalue weighted by Crippen LogP contribution is 2.37. The predicted octanol–water partition coefficient (Wildman–Crippen LogP) is 5.14. The molecule has 0 radical (unpaired) electrons. The van der Waals surface area contributed by atoms with E-state index in [4.69, 9.17) is 5.73 Å². The Kier molecular flexibility index (Phi) is 6.32. The summed E-state index contributed by atoms with van der Waals surface area (Å²) >= 11 is 0. The van der Waals surface area contributed by atoms with Crippen molar-refractivity contribution < 1.29 is 13.6 Å². The van der Waals surface area contributed by atoms with Crippen LogP contribution in [-0.2, 0) is 5.66 Å². The normalized spacial score (nSPS) is 11.4. The Bertz CT molecular complexity index is 1070. The van der Waals surface area contributed by atoms with Crippen LogP contribution in [0.25, 0.3) is 11.1 Å². The van der Waals surface area contributed by atoms with Gasteiger partial charge in [-0.25, -0.2) is 4.98 Å². The summed E-state index contributed by atoms with van der Waals surface area (Å²) in [5, 5.41) is 6.03. The van der Waals surface area contributed by atoms with Crippen LogP contribution in [0.3, 0.4) is 0 Å². The van der Waals surface area contributed by atoms with Crippen LogP contribution in [0, 0.1) is 0 Å². The van der Waals surface area contributed by atoms with Gasteiger partial charge in [-0.1, -0.05) is 21.4 Å². The van der Waals surface area contributed by atoms with E-state index in [-0.39, 0.29) is 17.5 Å². The minimum absolute atomic E-state index is 0.00774. The van der Waals surface area contributed by atoms with Crippen LogP contribution in [0.5, 0.6) is 0 Å². The molecule has 8 heteroatoms. The highest BCUT2D eigenvalue weighted by atomic mass is 31.0. The summed E-state index contributed by atoms with van der Waals surface area (Å²) in [7, 11) is 1.54. The van der Waals surface area contributed by atoms with E-state index < -0.39 is 5.66 Å². The maximum atomic E-state index is 13.7. The molecule has 1 unspecified atom stereocenters. The van der Waals surface area contributed by atoms with Crippen molar-refractivity contribution in [3.05, 3.63) is 71.9 Å². The Morgan fingerprint density at radius 2 is 1.90 bits per heavy atom. The van der Waals surface area contributed by atoms with Gasteiger partial charge in [0.1, 0.15) is 5.82 Å². The number of aromatic nitrogens is 1. The van der Waals surface area contributed by atoms with Gasteiger partial charge in [0.05, 0.1) is 0 Å². The monoisotopic (exact) mass is 428 g/mol. The number of nitrogens with two attached hydrogens (primary N) is 1. The van der Waals surface area contributed by atoms with Crippen LogP contribution in [0.4, 0.5) is 26.0 Å². The first-order valence-corrected chi connectivity index (χ1v) is 9.92. The van der Waals surface area contributed by atoms with Crippen LogP contribution in [0.1, 0.15) is 29.8 Å². The van der Waals surface area contributed by atoms with Crippen LogP contribution in [0.2, 0.25) is 0 Å². The molecule has 5 nitrogen and oxygen atoms in total. The number of carbonyl (C=O) groups is 1. The average Bonchev–Trinajstić information content (AvgIpc) is 2.67. The lowest BCUT2D eigenvalue weighted by Gasteiger charge is -2.17. The topological polar surface area (TPSA) is 80.0 Å². The summed E-state index contributed by atoms with van der Waals surface area (Å²) < 4.78 is 27.4. The van der Waals surface area contributed by atoms with Gasteiger partial charge in [0.25, 0.3) is 11.6 Å². The fourth-order valence-electron chi connectivity index (χ4n) is 2.95. The highest BCUT2D eigenvalue weighted by Gasteiger charge is 2.24. The summed E-state index contributed by atoms with van der Waals surface area (Å²) in [5.41, 5.74) is 5.74. The van der Waals surface area contributed by atoms with Crippen molar-refractivity contribution in [3.8, 4) is 11.1 Å². The summed E-state index contributed by atoms with van der Waals surface area (Å²) in [6.45, 7) is 3.76. The standard InChI is InChI=1S/C22H23F2N4OP/c1-13(2)27-21(29)15-6-7-19(18(10-15)14-8-9-26-20(25)11-14)28-17-5-3-4-16(12-17)22(23,24)30/h3-13,28H,30H2,1-2H3,(H2,25,26)(H,27,29). The number of halogens is 2. The molecule has 30 heavy (non-hydrogen) atoms. The number of nitrogens with zero attached hydrogens (tertiary/aromatic N) is 1. The van der Waals surface area contributed by atoms with Gasteiger partial charge in [0.2, 0.25) is 0 Å². The number of nitrogen functional groups attached to an aromatic ring is 1. The largest absolute Gasteiger partial charge is 0.384 e. The van der Waals surface area contributed by atoms with Crippen LogP contribution in [-0.4, -0.2) is 16.9 Å². The van der Waals surface area contributed by atoms with Crippen molar-refractivity contribution in [2.75, 3.05) is 11.1 Å². The van der Waals surface area contributed by atoms with Gasteiger partial charge in [-0.15, -0.1) is 0 Å². The number of alkyl halides is 2. The van der Waals surface area contributed by atoms with Crippen molar-refractivity contribution in [2.45, 2.75) is 25.6 Å². The summed E-state index contributed by atoms with van der Waals surface area (Å²) in [6, 6.07) is 14.6. The number of hydrogen-bond donors (Lipinski definition) is 3. The van der Waals surface area contributed by atoms with E-state index in [0.717, 1.165) is 5.56 Å². The van der Waals surface area contributed by atoms with Gasteiger partial charge in [-0.2, -0.15) is 8.78 Å². The number of nitrogens with one attached hydrogen (secondary N) is 2. The molecule has 0 aliphatic heterocycles. The zero-order valence-electron chi connectivity index (χ0n) is 16.6. The lowest BCUT2D eigenvalue weighted by atomic mass is 10.0. The Morgan fingerprint density at radius 1 is 1.13 bits per heavy atom. The summed E-state index contributed by atoms with van der Waals surface area (Å²) in [5.74, 6) is 0.129. The maximum Gasteiger partial charge on any atom is 0.283 e. The van der Waals surface area contributed by atoms with Crippen molar-refractivity contribution in [2.24, 2.45) is 0 Å². The molecule has 0 spiro atoms. The molecule has 0 saturated heterocycles. The van der Waals surface area contributed by atoms with E-state index in [1.165, 1.54) is 21.4 Å². The molecule has 3 aromatic rings. The van der Waals surface area contributed by atoms with Crippen molar-refractivity contribution in [1.29, 1.82) is 0 Å². The number of amides is 1.